The minimum atomic E-state index is -0.810. The summed E-state index contributed by atoms with van der Waals surface area (Å²) in [7, 11) is 0. The maximum absolute atomic E-state index is 11.7. The van der Waals surface area contributed by atoms with Crippen LogP contribution in [0.3, 0.4) is 0 Å². The van der Waals surface area contributed by atoms with Gasteiger partial charge in [-0.3, -0.25) is 4.79 Å². The fourth-order valence-electron chi connectivity index (χ4n) is 3.02. The number of nitrogens with zero attached hydrogens (tertiary/aromatic N) is 2. The van der Waals surface area contributed by atoms with Crippen LogP contribution in [0.2, 0.25) is 0 Å². The third-order valence-corrected chi connectivity index (χ3v) is 4.34. The molecule has 1 aliphatic rings. The molecular weight excluding hydrogens is 266 g/mol. The number of carbonyl (C=O) groups is 1. The van der Waals surface area contributed by atoms with Crippen LogP contribution in [-0.4, -0.2) is 27.2 Å². The molecular formula is C16H19N3O2. The summed E-state index contributed by atoms with van der Waals surface area (Å²) in [6.45, 7) is 0.602. The minimum Gasteiger partial charge on any atom is -0.481 e. The summed E-state index contributed by atoms with van der Waals surface area (Å²) in [6.07, 6.45) is 5.90. The van der Waals surface area contributed by atoms with Crippen molar-refractivity contribution in [2.75, 3.05) is 6.54 Å². The predicted octanol–water partition coefficient (Wildman–Crippen LogP) is 1.95. The largest absolute Gasteiger partial charge is 0.481 e. The molecule has 3 rings (SSSR count). The highest BCUT2D eigenvalue weighted by Crippen LogP contribution is 2.56. The number of rotatable bonds is 6. The number of carboxylic acid groups (broad SMARTS) is 1. The van der Waals surface area contributed by atoms with Crippen LogP contribution in [0, 0.1) is 5.92 Å². The topological polar surface area (TPSA) is 81.1 Å². The molecule has 0 saturated heterocycles. The Kier molecular flexibility index (Phi) is 3.51. The summed E-state index contributed by atoms with van der Waals surface area (Å²) in [6, 6.07) is 9.78. The number of aliphatic carboxylic acids is 1. The molecule has 21 heavy (non-hydrogen) atoms. The van der Waals surface area contributed by atoms with Crippen molar-refractivity contribution in [1.29, 1.82) is 0 Å². The van der Waals surface area contributed by atoms with Crippen molar-refractivity contribution in [1.82, 2.24) is 9.55 Å². The van der Waals surface area contributed by atoms with Gasteiger partial charge in [-0.15, -0.1) is 0 Å². The lowest BCUT2D eigenvalue weighted by molar-refractivity contribution is -0.140. The third-order valence-electron chi connectivity index (χ3n) is 4.34. The third kappa shape index (κ3) is 2.34. The number of para-hydroxylation sites is 1. The molecule has 5 heteroatoms. The molecule has 1 heterocycles. The molecule has 110 valence electrons. The molecule has 0 aliphatic heterocycles. The monoisotopic (exact) mass is 285 g/mol. The average Bonchev–Trinajstić information content (AvgIpc) is 3.03. The molecule has 1 aliphatic carbocycles. The van der Waals surface area contributed by atoms with Crippen molar-refractivity contribution in [2.45, 2.75) is 24.7 Å². The first-order valence-electron chi connectivity index (χ1n) is 7.22. The van der Waals surface area contributed by atoms with Crippen LogP contribution in [-0.2, 0) is 10.2 Å². The number of benzene rings is 1. The Morgan fingerprint density at radius 3 is 2.86 bits per heavy atom. The van der Waals surface area contributed by atoms with E-state index in [0.717, 1.165) is 18.5 Å². The van der Waals surface area contributed by atoms with Crippen LogP contribution in [0.4, 0.5) is 0 Å². The fourth-order valence-corrected chi connectivity index (χ4v) is 3.02. The highest BCUT2D eigenvalue weighted by Gasteiger charge is 2.62. The van der Waals surface area contributed by atoms with Crippen LogP contribution < -0.4 is 5.73 Å². The van der Waals surface area contributed by atoms with Gasteiger partial charge in [0, 0.05) is 11.9 Å². The van der Waals surface area contributed by atoms with E-state index in [0.29, 0.717) is 18.7 Å². The predicted molar refractivity (Wildman–Crippen MR) is 79.3 cm³/mol. The number of carboxylic acids is 1. The molecule has 1 saturated carbocycles. The lowest BCUT2D eigenvalue weighted by Gasteiger charge is -2.09. The van der Waals surface area contributed by atoms with Crippen LogP contribution >= 0.6 is 0 Å². The Morgan fingerprint density at radius 2 is 2.19 bits per heavy atom. The number of imidazole rings is 1. The van der Waals surface area contributed by atoms with Gasteiger partial charge in [0.2, 0.25) is 0 Å². The molecule has 3 N–H and O–H groups in total. The molecule has 0 bridgehead atoms. The van der Waals surface area contributed by atoms with Crippen molar-refractivity contribution in [3.63, 3.8) is 0 Å². The van der Waals surface area contributed by atoms with E-state index < -0.39 is 11.4 Å². The summed E-state index contributed by atoms with van der Waals surface area (Å²) in [5, 5.41) is 9.63. The van der Waals surface area contributed by atoms with E-state index in [1.165, 1.54) is 0 Å². The maximum Gasteiger partial charge on any atom is 0.316 e. The molecule has 0 amide bonds. The first-order chi connectivity index (χ1) is 10.2. The number of aromatic nitrogens is 2. The van der Waals surface area contributed by atoms with E-state index in [1.54, 1.807) is 6.33 Å². The Balaban J connectivity index is 1.86. The number of hydrogen-bond donors (Lipinski definition) is 2. The van der Waals surface area contributed by atoms with Gasteiger partial charge < -0.3 is 15.4 Å². The second-order valence-corrected chi connectivity index (χ2v) is 5.61. The van der Waals surface area contributed by atoms with Gasteiger partial charge in [-0.2, -0.15) is 0 Å². The molecule has 1 aromatic carbocycles. The Morgan fingerprint density at radius 1 is 1.43 bits per heavy atom. The van der Waals surface area contributed by atoms with E-state index in [4.69, 9.17) is 5.73 Å². The van der Waals surface area contributed by atoms with Gasteiger partial charge in [-0.1, -0.05) is 18.2 Å². The zero-order valence-corrected chi connectivity index (χ0v) is 11.8. The molecule has 0 unspecified atom stereocenters. The van der Waals surface area contributed by atoms with E-state index in [1.807, 2.05) is 41.1 Å². The standard InChI is InChI=1S/C16H19N3O2/c17-8-4-5-12-9-16(12,15(20)21)14-10-19(11-18-14)13-6-2-1-3-7-13/h1-3,6-7,10-12H,4-5,8-9,17H2,(H,20,21)/t12-,16+/m1/s1. The molecule has 1 fully saturated rings. The number of hydrogen-bond acceptors (Lipinski definition) is 3. The fraction of sp³-hybridized carbons (Fsp3) is 0.375. The van der Waals surface area contributed by atoms with E-state index in [9.17, 15) is 9.90 Å². The van der Waals surface area contributed by atoms with Gasteiger partial charge in [0.25, 0.3) is 0 Å². The molecule has 2 atom stereocenters. The lowest BCUT2D eigenvalue weighted by atomic mass is 9.98. The van der Waals surface area contributed by atoms with Crippen molar-refractivity contribution >= 4 is 5.97 Å². The normalized spacial score (nSPS) is 24.0. The summed E-state index contributed by atoms with van der Waals surface area (Å²) in [5.41, 5.74) is 6.35. The molecule has 1 aromatic heterocycles. The van der Waals surface area contributed by atoms with Crippen molar-refractivity contribution in [2.24, 2.45) is 11.7 Å². The van der Waals surface area contributed by atoms with Gasteiger partial charge in [-0.25, -0.2) is 4.98 Å². The van der Waals surface area contributed by atoms with Gasteiger partial charge in [0.1, 0.15) is 5.41 Å². The van der Waals surface area contributed by atoms with Gasteiger partial charge in [0.15, 0.2) is 0 Å². The zero-order valence-electron chi connectivity index (χ0n) is 11.8. The molecule has 0 spiro atoms. The van der Waals surface area contributed by atoms with Crippen molar-refractivity contribution in [3.05, 3.63) is 48.5 Å². The lowest BCUT2D eigenvalue weighted by Crippen LogP contribution is -2.23. The average molecular weight is 285 g/mol. The maximum atomic E-state index is 11.7. The molecule has 0 radical (unpaired) electrons. The second kappa shape index (κ2) is 5.33. The van der Waals surface area contributed by atoms with E-state index in [-0.39, 0.29) is 5.92 Å². The smallest absolute Gasteiger partial charge is 0.316 e. The van der Waals surface area contributed by atoms with Gasteiger partial charge in [0.05, 0.1) is 12.0 Å². The van der Waals surface area contributed by atoms with Crippen LogP contribution in [0.5, 0.6) is 0 Å². The molecule has 2 aromatic rings. The Hall–Kier alpha value is -2.14. The van der Waals surface area contributed by atoms with E-state index in [2.05, 4.69) is 4.98 Å². The van der Waals surface area contributed by atoms with Crippen LogP contribution in [0.25, 0.3) is 5.69 Å². The zero-order chi connectivity index (χ0) is 14.9. The SMILES string of the molecule is NCCC[C@@H]1C[C@@]1(C(=O)O)c1cn(-c2ccccc2)cn1. The summed E-state index contributed by atoms with van der Waals surface area (Å²) >= 11 is 0. The summed E-state index contributed by atoms with van der Waals surface area (Å²) < 4.78 is 1.87. The van der Waals surface area contributed by atoms with E-state index >= 15 is 0 Å². The number of nitrogens with two attached hydrogens (primary N) is 1. The van der Waals surface area contributed by atoms with Crippen LogP contribution in [0.1, 0.15) is 25.0 Å². The van der Waals surface area contributed by atoms with Gasteiger partial charge >= 0.3 is 5.97 Å². The highest BCUT2D eigenvalue weighted by molar-refractivity contribution is 5.85. The highest BCUT2D eigenvalue weighted by atomic mass is 16.4. The quantitative estimate of drug-likeness (QED) is 0.850. The Labute approximate surface area is 123 Å². The summed E-state index contributed by atoms with van der Waals surface area (Å²) in [4.78, 5) is 16.1. The minimum absolute atomic E-state index is 0.151. The van der Waals surface area contributed by atoms with Crippen molar-refractivity contribution < 1.29 is 9.90 Å². The molecule has 5 nitrogen and oxygen atoms in total. The first kappa shape index (κ1) is 13.8. The summed E-state index contributed by atoms with van der Waals surface area (Å²) in [5.74, 6) is -0.625. The van der Waals surface area contributed by atoms with Crippen LogP contribution in [0.15, 0.2) is 42.9 Å². The van der Waals surface area contributed by atoms with Gasteiger partial charge in [-0.05, 0) is 43.9 Å². The second-order valence-electron chi connectivity index (χ2n) is 5.61. The van der Waals surface area contributed by atoms with Crippen molar-refractivity contribution in [3.8, 4) is 5.69 Å². The first-order valence-corrected chi connectivity index (χ1v) is 7.22. The Bertz CT molecular complexity index is 638.